The van der Waals surface area contributed by atoms with E-state index in [0.29, 0.717) is 0 Å². The molecule has 1 rings (SSSR count). The predicted octanol–water partition coefficient (Wildman–Crippen LogP) is -1.70. The van der Waals surface area contributed by atoms with Crippen molar-refractivity contribution in [2.24, 2.45) is 0 Å². The molecule has 0 fully saturated rings. The Kier molecular flexibility index (Phi) is 2.52. The zero-order valence-electron chi connectivity index (χ0n) is 6.22. The molecule has 1 aromatic heterocycles. The summed E-state index contributed by atoms with van der Waals surface area (Å²) in [6, 6.07) is 0. The second-order valence-electron chi connectivity index (χ2n) is 2.14. The Labute approximate surface area is 76.4 Å². The van der Waals surface area contributed by atoms with Gasteiger partial charge in [0.15, 0.2) is 5.16 Å². The second kappa shape index (κ2) is 3.44. The molecule has 0 atom stereocenters. The number of carbonyl (C=O) groups is 1. The lowest BCUT2D eigenvalue weighted by Crippen LogP contribution is -2.35. The number of thiol groups is 1. The first kappa shape index (κ1) is 9.52. The van der Waals surface area contributed by atoms with Crippen LogP contribution in [0.2, 0.25) is 0 Å². The lowest BCUT2D eigenvalue weighted by atomic mass is 10.7. The van der Waals surface area contributed by atoms with E-state index < -0.39 is 23.6 Å². The number of hydrogen-bond donors (Lipinski definition) is 3. The molecule has 13 heavy (non-hydrogen) atoms. The average Bonchev–Trinajstić information content (AvgIpc) is 1.99. The van der Waals surface area contributed by atoms with Gasteiger partial charge in [0.25, 0.3) is 0 Å². The van der Waals surface area contributed by atoms with E-state index in [9.17, 15) is 14.4 Å². The van der Waals surface area contributed by atoms with E-state index in [1.54, 1.807) is 0 Å². The van der Waals surface area contributed by atoms with Crippen molar-refractivity contribution in [1.82, 2.24) is 14.8 Å². The molecule has 7 nitrogen and oxygen atoms in total. The molecule has 0 unspecified atom stereocenters. The molecule has 0 amide bonds. The largest absolute Gasteiger partial charge is 0.480 e. The lowest BCUT2D eigenvalue weighted by molar-refractivity contribution is -0.138. The first-order valence-electron chi connectivity index (χ1n) is 3.12. The summed E-state index contributed by atoms with van der Waals surface area (Å²) >= 11 is 3.71. The van der Waals surface area contributed by atoms with Gasteiger partial charge in [-0.25, -0.2) is 0 Å². The number of carboxylic acid groups (broad SMARTS) is 1. The van der Waals surface area contributed by atoms with Crippen molar-refractivity contribution in [2.75, 3.05) is 0 Å². The van der Waals surface area contributed by atoms with Crippen molar-refractivity contribution in [2.45, 2.75) is 11.7 Å². The summed E-state index contributed by atoms with van der Waals surface area (Å²) in [6.45, 7) is -0.499. The van der Waals surface area contributed by atoms with Crippen LogP contribution >= 0.6 is 12.6 Å². The third-order valence-electron chi connectivity index (χ3n) is 1.17. The van der Waals surface area contributed by atoms with Crippen molar-refractivity contribution >= 4 is 18.6 Å². The van der Waals surface area contributed by atoms with Crippen LogP contribution in [-0.4, -0.2) is 25.8 Å². The van der Waals surface area contributed by atoms with E-state index >= 15 is 0 Å². The van der Waals surface area contributed by atoms with Gasteiger partial charge in [0, 0.05) is 0 Å². The Morgan fingerprint density at radius 3 is 2.77 bits per heavy atom. The highest BCUT2D eigenvalue weighted by molar-refractivity contribution is 7.80. The Bertz CT molecular complexity index is 448. The molecule has 0 spiro atoms. The maximum Gasteiger partial charge on any atom is 0.339 e. The molecule has 70 valence electrons. The van der Waals surface area contributed by atoms with Crippen LogP contribution in [0.3, 0.4) is 0 Å². The average molecular weight is 203 g/mol. The fourth-order valence-electron chi connectivity index (χ4n) is 0.668. The van der Waals surface area contributed by atoms with Crippen molar-refractivity contribution in [1.29, 1.82) is 0 Å². The fraction of sp³-hybridized carbons (Fsp3) is 0.200. The minimum absolute atomic E-state index is 0.146. The van der Waals surface area contributed by atoms with Gasteiger partial charge in [-0.15, -0.1) is 12.6 Å². The molecule has 1 heterocycles. The lowest BCUT2D eigenvalue weighted by Gasteiger charge is -2.03. The number of aromatic amines is 1. The number of rotatable bonds is 2. The normalized spacial score (nSPS) is 9.92. The van der Waals surface area contributed by atoms with E-state index in [-0.39, 0.29) is 5.16 Å². The van der Waals surface area contributed by atoms with E-state index in [2.05, 4.69) is 17.6 Å². The monoisotopic (exact) mass is 203 g/mol. The highest BCUT2D eigenvalue weighted by Gasteiger charge is 2.05. The van der Waals surface area contributed by atoms with Crippen molar-refractivity contribution in [3.63, 3.8) is 0 Å². The number of aromatic nitrogens is 3. The standard InChI is InChI=1S/C5H5N3O4S/c9-2(10)1-8-5(13)6-3(11)4(12)7-8/h1H2,(H,7,12)(H,9,10)(H,6,11,13). The summed E-state index contributed by atoms with van der Waals surface area (Å²) in [5.41, 5.74) is -1.97. The zero-order valence-corrected chi connectivity index (χ0v) is 7.12. The van der Waals surface area contributed by atoms with Gasteiger partial charge in [-0.2, -0.15) is 4.98 Å². The van der Waals surface area contributed by atoms with Crippen LogP contribution in [0.4, 0.5) is 0 Å². The number of nitrogens with one attached hydrogen (secondary N) is 1. The van der Waals surface area contributed by atoms with Crippen LogP contribution in [0.1, 0.15) is 0 Å². The molecule has 0 aliphatic carbocycles. The molecule has 0 aliphatic rings. The molecule has 1 aromatic rings. The predicted molar refractivity (Wildman–Crippen MR) is 44.0 cm³/mol. The van der Waals surface area contributed by atoms with Crippen LogP contribution in [0.5, 0.6) is 0 Å². The van der Waals surface area contributed by atoms with Gasteiger partial charge < -0.3 is 5.11 Å². The number of H-pyrrole nitrogens is 1. The van der Waals surface area contributed by atoms with Gasteiger partial charge in [-0.1, -0.05) is 0 Å². The highest BCUT2D eigenvalue weighted by Crippen LogP contribution is 1.93. The summed E-state index contributed by atoms with van der Waals surface area (Å²) in [6.07, 6.45) is 0. The Morgan fingerprint density at radius 1 is 1.62 bits per heavy atom. The van der Waals surface area contributed by atoms with Crippen LogP contribution in [0.15, 0.2) is 14.7 Å². The van der Waals surface area contributed by atoms with Gasteiger partial charge in [0.2, 0.25) is 0 Å². The minimum Gasteiger partial charge on any atom is -0.480 e. The van der Waals surface area contributed by atoms with Crippen LogP contribution in [0, 0.1) is 0 Å². The second-order valence-corrected chi connectivity index (χ2v) is 2.54. The summed E-state index contributed by atoms with van der Waals surface area (Å²) in [7, 11) is 0. The quantitative estimate of drug-likeness (QED) is 0.392. The summed E-state index contributed by atoms with van der Waals surface area (Å²) in [5, 5.41) is 10.2. The SMILES string of the molecule is O=C(O)Cn1[nH]c(=O)c(=O)nc1S. The van der Waals surface area contributed by atoms with E-state index in [1.165, 1.54) is 0 Å². The molecular weight excluding hydrogens is 198 g/mol. The van der Waals surface area contributed by atoms with Gasteiger partial charge in [0.05, 0.1) is 0 Å². The molecule has 0 aliphatic heterocycles. The van der Waals surface area contributed by atoms with Gasteiger partial charge in [0.1, 0.15) is 6.54 Å². The van der Waals surface area contributed by atoms with Crippen molar-refractivity contribution < 1.29 is 9.90 Å². The smallest absolute Gasteiger partial charge is 0.339 e. The van der Waals surface area contributed by atoms with Crippen molar-refractivity contribution in [3.8, 4) is 0 Å². The zero-order chi connectivity index (χ0) is 10.0. The summed E-state index contributed by atoms with van der Waals surface area (Å²) < 4.78 is 0.856. The van der Waals surface area contributed by atoms with Gasteiger partial charge in [-0.05, 0) is 0 Å². The molecule has 2 N–H and O–H groups in total. The fourth-order valence-corrected chi connectivity index (χ4v) is 0.879. The van der Waals surface area contributed by atoms with Crippen LogP contribution < -0.4 is 11.1 Å². The van der Waals surface area contributed by atoms with Crippen LogP contribution in [0.25, 0.3) is 0 Å². The summed E-state index contributed by atoms with van der Waals surface area (Å²) in [5.74, 6) is -1.17. The van der Waals surface area contributed by atoms with Crippen LogP contribution in [-0.2, 0) is 11.3 Å². The number of hydrogen-bond acceptors (Lipinski definition) is 5. The van der Waals surface area contributed by atoms with E-state index in [4.69, 9.17) is 5.11 Å². The Morgan fingerprint density at radius 2 is 2.23 bits per heavy atom. The van der Waals surface area contributed by atoms with Gasteiger partial charge >= 0.3 is 17.1 Å². The maximum absolute atomic E-state index is 10.7. The maximum atomic E-state index is 10.7. The Hall–Kier alpha value is -1.57. The van der Waals surface area contributed by atoms with E-state index in [0.717, 1.165) is 4.68 Å². The first-order valence-corrected chi connectivity index (χ1v) is 3.57. The van der Waals surface area contributed by atoms with Gasteiger partial charge in [-0.3, -0.25) is 24.2 Å². The molecule has 0 saturated carbocycles. The first-order chi connectivity index (χ1) is 6.00. The molecule has 0 radical (unpaired) electrons. The molecule has 0 bridgehead atoms. The molecule has 0 saturated heterocycles. The number of carboxylic acids is 1. The third kappa shape index (κ3) is 2.18. The molecule has 8 heteroatoms. The highest BCUT2D eigenvalue weighted by atomic mass is 32.1. The number of nitrogens with zero attached hydrogens (tertiary/aromatic N) is 2. The third-order valence-corrected chi connectivity index (χ3v) is 1.51. The molecule has 0 aromatic carbocycles. The minimum atomic E-state index is -1.17. The molecular formula is C5H5N3O4S. The summed E-state index contributed by atoms with van der Waals surface area (Å²) in [4.78, 5) is 34.7. The van der Waals surface area contributed by atoms with Crippen molar-refractivity contribution in [3.05, 3.63) is 20.7 Å². The topological polar surface area (TPSA) is 105 Å². The Balaban J connectivity index is 3.24. The van der Waals surface area contributed by atoms with E-state index in [1.807, 2.05) is 5.10 Å². The number of aliphatic carboxylic acids is 1.